The molecule has 0 fully saturated rings. The van der Waals surface area contributed by atoms with Gasteiger partial charge in [-0.25, -0.2) is 4.68 Å². The van der Waals surface area contributed by atoms with Gasteiger partial charge in [0.15, 0.2) is 5.82 Å². The number of aliphatic hydroxyl groups is 1. The van der Waals surface area contributed by atoms with Crippen molar-refractivity contribution in [1.29, 1.82) is 0 Å². The number of fused-ring (bicyclic) bond motifs is 1. The van der Waals surface area contributed by atoms with Gasteiger partial charge in [0.1, 0.15) is 11.7 Å². The van der Waals surface area contributed by atoms with Crippen molar-refractivity contribution in [3.63, 3.8) is 0 Å². The molecule has 8 nitrogen and oxygen atoms in total. The summed E-state index contributed by atoms with van der Waals surface area (Å²) in [6, 6.07) is 7.05. The second-order valence-electron chi connectivity index (χ2n) is 6.10. The molecule has 0 saturated heterocycles. The van der Waals surface area contributed by atoms with Crippen molar-refractivity contribution in [3.8, 4) is 5.75 Å². The Morgan fingerprint density at radius 2 is 2.15 bits per heavy atom. The summed E-state index contributed by atoms with van der Waals surface area (Å²) >= 11 is 0. The molecule has 1 aromatic carbocycles. The number of nitrogens with zero attached hydrogens (tertiary/aromatic N) is 3. The van der Waals surface area contributed by atoms with Crippen LogP contribution in [0, 0.1) is 5.92 Å². The summed E-state index contributed by atoms with van der Waals surface area (Å²) in [4.78, 5) is 16.6. The molecule has 0 unspecified atom stereocenters. The number of nitrogens with two attached hydrogens (primary N) is 1. The van der Waals surface area contributed by atoms with E-state index >= 15 is 0 Å². The van der Waals surface area contributed by atoms with Crippen molar-refractivity contribution in [2.75, 3.05) is 18.5 Å². The number of aromatic nitrogens is 3. The summed E-state index contributed by atoms with van der Waals surface area (Å²) < 4.78 is 7.15. The number of nitrogens with one attached hydrogen (secondary N) is 1. The summed E-state index contributed by atoms with van der Waals surface area (Å²) in [7, 11) is 0. The second-order valence-corrected chi connectivity index (χ2v) is 6.10. The first-order valence-electron chi connectivity index (χ1n) is 8.59. The first kappa shape index (κ1) is 17.9. The van der Waals surface area contributed by atoms with Gasteiger partial charge in [-0.3, -0.25) is 4.79 Å². The van der Waals surface area contributed by atoms with Crippen molar-refractivity contribution in [2.24, 2.45) is 11.7 Å². The van der Waals surface area contributed by atoms with E-state index in [1.54, 1.807) is 4.68 Å². The third kappa shape index (κ3) is 3.41. The van der Waals surface area contributed by atoms with E-state index in [-0.39, 0.29) is 6.61 Å². The van der Waals surface area contributed by atoms with Crippen molar-refractivity contribution in [3.05, 3.63) is 47.9 Å². The maximum absolute atomic E-state index is 12.1. The smallest absolute Gasteiger partial charge is 0.229 e. The predicted molar refractivity (Wildman–Crippen MR) is 96.6 cm³/mol. The first-order valence-corrected chi connectivity index (χ1v) is 8.59. The highest BCUT2D eigenvalue weighted by Crippen LogP contribution is 2.37. The Morgan fingerprint density at radius 1 is 1.42 bits per heavy atom. The standard InChI is InChI=1S/C18H23N5O3/c1-3-26-13-8-6-12(7-9-13)16-15(17(19)25)11(2)20-18-21-14(5-4-10-24)22-23(16)18/h6-9,15-16,24H,2-5,10H2,1H3,(H2,19,25)(H,20,21,22)/t15-,16+/m0/s1. The number of carbonyl (C=O) groups is 1. The highest BCUT2D eigenvalue weighted by molar-refractivity contribution is 5.82. The first-order chi connectivity index (χ1) is 12.5. The van der Waals surface area contributed by atoms with E-state index in [0.717, 1.165) is 11.3 Å². The molecule has 1 aliphatic rings. The van der Waals surface area contributed by atoms with Crippen LogP contribution in [0.15, 0.2) is 36.5 Å². The van der Waals surface area contributed by atoms with Crippen LogP contribution in [0.3, 0.4) is 0 Å². The highest BCUT2D eigenvalue weighted by atomic mass is 16.5. The molecule has 2 heterocycles. The molecule has 2 atom stereocenters. The van der Waals surface area contributed by atoms with Crippen molar-refractivity contribution in [1.82, 2.24) is 14.8 Å². The molecule has 26 heavy (non-hydrogen) atoms. The molecule has 1 aromatic heterocycles. The Balaban J connectivity index is 2.02. The van der Waals surface area contributed by atoms with Crippen LogP contribution >= 0.6 is 0 Å². The normalized spacial score (nSPS) is 18.9. The van der Waals surface area contributed by atoms with Crippen LogP contribution < -0.4 is 15.8 Å². The zero-order valence-corrected chi connectivity index (χ0v) is 14.7. The van der Waals surface area contributed by atoms with E-state index < -0.39 is 17.9 Å². The molecular formula is C18H23N5O3. The number of amides is 1. The van der Waals surface area contributed by atoms with E-state index in [2.05, 4.69) is 22.0 Å². The number of hydrogen-bond donors (Lipinski definition) is 3. The Labute approximate surface area is 151 Å². The van der Waals surface area contributed by atoms with Gasteiger partial charge in [0.05, 0.1) is 12.6 Å². The Hall–Kier alpha value is -2.87. The third-order valence-electron chi connectivity index (χ3n) is 4.30. The number of hydrogen-bond acceptors (Lipinski definition) is 6. The highest BCUT2D eigenvalue weighted by Gasteiger charge is 2.38. The molecule has 0 spiro atoms. The van der Waals surface area contributed by atoms with Crippen LogP contribution in [-0.4, -0.2) is 39.0 Å². The zero-order valence-electron chi connectivity index (χ0n) is 14.7. The van der Waals surface area contributed by atoms with Crippen molar-refractivity contribution >= 4 is 11.9 Å². The summed E-state index contributed by atoms with van der Waals surface area (Å²) in [5.74, 6) is 0.712. The van der Waals surface area contributed by atoms with E-state index in [1.165, 1.54) is 0 Å². The Morgan fingerprint density at radius 3 is 2.77 bits per heavy atom. The van der Waals surface area contributed by atoms with Gasteiger partial charge in [0.2, 0.25) is 11.9 Å². The van der Waals surface area contributed by atoms with Gasteiger partial charge in [0.25, 0.3) is 0 Å². The number of benzene rings is 1. The summed E-state index contributed by atoms with van der Waals surface area (Å²) in [6.07, 6.45) is 1.11. The van der Waals surface area contributed by atoms with Gasteiger partial charge >= 0.3 is 0 Å². The molecule has 1 aliphatic heterocycles. The van der Waals surface area contributed by atoms with Crippen molar-refractivity contribution in [2.45, 2.75) is 25.8 Å². The predicted octanol–water partition coefficient (Wildman–Crippen LogP) is 1.23. The van der Waals surface area contributed by atoms with E-state index in [0.29, 0.717) is 36.9 Å². The minimum absolute atomic E-state index is 0.0657. The van der Waals surface area contributed by atoms with Gasteiger partial charge in [-0.15, -0.1) is 0 Å². The maximum atomic E-state index is 12.1. The van der Waals surface area contributed by atoms with E-state index in [9.17, 15) is 4.79 Å². The largest absolute Gasteiger partial charge is 0.494 e. The number of aliphatic hydroxyl groups excluding tert-OH is 1. The second kappa shape index (κ2) is 7.57. The van der Waals surface area contributed by atoms with Crippen LogP contribution in [-0.2, 0) is 11.2 Å². The molecule has 3 rings (SSSR count). The van der Waals surface area contributed by atoms with Crippen LogP contribution in [0.4, 0.5) is 5.95 Å². The molecule has 8 heteroatoms. The fraction of sp³-hybridized carbons (Fsp3) is 0.389. The van der Waals surface area contributed by atoms with Gasteiger partial charge in [-0.05, 0) is 31.0 Å². The monoisotopic (exact) mass is 357 g/mol. The summed E-state index contributed by atoms with van der Waals surface area (Å²) in [5.41, 5.74) is 7.00. The fourth-order valence-electron chi connectivity index (χ4n) is 3.13. The summed E-state index contributed by atoms with van der Waals surface area (Å²) in [5, 5.41) is 16.6. The molecule has 2 aromatic rings. The maximum Gasteiger partial charge on any atom is 0.229 e. The zero-order chi connectivity index (χ0) is 18.7. The molecule has 0 radical (unpaired) electrons. The van der Waals surface area contributed by atoms with E-state index in [4.69, 9.17) is 15.6 Å². The molecule has 0 bridgehead atoms. The lowest BCUT2D eigenvalue weighted by atomic mass is 9.89. The van der Waals surface area contributed by atoms with E-state index in [1.807, 2.05) is 31.2 Å². The molecule has 1 amide bonds. The molecule has 0 aliphatic carbocycles. The Bertz CT molecular complexity index is 800. The van der Waals surface area contributed by atoms with Gasteiger partial charge in [-0.1, -0.05) is 18.7 Å². The van der Waals surface area contributed by atoms with Crippen LogP contribution in [0.2, 0.25) is 0 Å². The number of ether oxygens (including phenoxy) is 1. The number of carbonyl (C=O) groups excluding carboxylic acids is 1. The number of primary amides is 1. The quantitative estimate of drug-likeness (QED) is 0.686. The lowest BCUT2D eigenvalue weighted by molar-refractivity contribution is -0.121. The van der Waals surface area contributed by atoms with Gasteiger partial charge in [0, 0.05) is 18.7 Å². The average Bonchev–Trinajstić information content (AvgIpc) is 3.02. The van der Waals surface area contributed by atoms with Crippen LogP contribution in [0.1, 0.15) is 30.8 Å². The van der Waals surface area contributed by atoms with Gasteiger partial charge < -0.3 is 20.9 Å². The van der Waals surface area contributed by atoms with Crippen LogP contribution in [0.25, 0.3) is 0 Å². The third-order valence-corrected chi connectivity index (χ3v) is 4.30. The number of rotatable bonds is 7. The molecule has 138 valence electrons. The minimum Gasteiger partial charge on any atom is -0.494 e. The SMILES string of the molecule is C=C1Nc2nc(CCCO)nn2[C@H](c2ccc(OCC)cc2)[C@H]1C(N)=O. The number of anilines is 1. The minimum atomic E-state index is -0.659. The lowest BCUT2D eigenvalue weighted by Crippen LogP contribution is -2.40. The lowest BCUT2D eigenvalue weighted by Gasteiger charge is -2.32. The topological polar surface area (TPSA) is 115 Å². The molecular weight excluding hydrogens is 334 g/mol. The summed E-state index contributed by atoms with van der Waals surface area (Å²) in [6.45, 7) is 6.52. The average molecular weight is 357 g/mol. The molecule has 0 saturated carbocycles. The fourth-order valence-corrected chi connectivity index (χ4v) is 3.13. The van der Waals surface area contributed by atoms with Crippen molar-refractivity contribution < 1.29 is 14.6 Å². The van der Waals surface area contributed by atoms with Gasteiger partial charge in [-0.2, -0.15) is 10.1 Å². The van der Waals surface area contributed by atoms with Crippen LogP contribution in [0.5, 0.6) is 5.75 Å². The molecule has 4 N–H and O–H groups in total. The Kier molecular flexibility index (Phi) is 5.22. The number of aryl methyl sites for hydroxylation is 1.